The number of pyridine rings is 1. The van der Waals surface area contributed by atoms with Crippen molar-refractivity contribution in [3.63, 3.8) is 0 Å². The summed E-state index contributed by atoms with van der Waals surface area (Å²) >= 11 is 3.56. The van der Waals surface area contributed by atoms with E-state index in [1.54, 1.807) is 6.20 Å². The zero-order valence-corrected chi connectivity index (χ0v) is 13.1. The molecular formula is C16H19BrN2O. The summed E-state index contributed by atoms with van der Waals surface area (Å²) in [6.45, 7) is 2.62. The molecule has 1 heterocycles. The number of ether oxygens (including phenoxy) is 1. The molecule has 2 rings (SSSR count). The smallest absolute Gasteiger partial charge is 0.120 e. The van der Waals surface area contributed by atoms with Crippen molar-refractivity contribution in [2.24, 2.45) is 5.73 Å². The summed E-state index contributed by atoms with van der Waals surface area (Å²) in [4.78, 5) is 4.08. The van der Waals surface area contributed by atoms with Crippen molar-refractivity contribution in [3.05, 3.63) is 58.3 Å². The van der Waals surface area contributed by atoms with Crippen molar-refractivity contribution in [2.45, 2.75) is 32.4 Å². The summed E-state index contributed by atoms with van der Waals surface area (Å²) < 4.78 is 6.88. The molecule has 0 amide bonds. The lowest BCUT2D eigenvalue weighted by atomic mass is 10.0. The van der Waals surface area contributed by atoms with Crippen LogP contribution in [0.2, 0.25) is 0 Å². The first-order valence-electron chi connectivity index (χ1n) is 6.74. The average Bonchev–Trinajstić information content (AvgIpc) is 2.49. The van der Waals surface area contributed by atoms with Gasteiger partial charge in [-0.15, -0.1) is 0 Å². The number of benzene rings is 1. The van der Waals surface area contributed by atoms with Crippen molar-refractivity contribution >= 4 is 15.9 Å². The van der Waals surface area contributed by atoms with Gasteiger partial charge in [0.1, 0.15) is 12.4 Å². The highest BCUT2D eigenvalue weighted by Crippen LogP contribution is 2.24. The monoisotopic (exact) mass is 334 g/mol. The lowest BCUT2D eigenvalue weighted by Gasteiger charge is -2.13. The zero-order chi connectivity index (χ0) is 14.4. The first-order valence-corrected chi connectivity index (χ1v) is 7.54. The van der Waals surface area contributed by atoms with Crippen LogP contribution in [0.4, 0.5) is 0 Å². The Balaban J connectivity index is 2.03. The molecule has 0 spiro atoms. The third kappa shape index (κ3) is 4.32. The standard InChI is InChI=1S/C16H19BrN2O/c1-2-14(18)8-13-9-15(5-6-16(13)17)20-11-12-4-3-7-19-10-12/h3-7,9-10,14H,2,8,11,18H2,1H3. The number of hydrogen-bond acceptors (Lipinski definition) is 3. The van der Waals surface area contributed by atoms with Gasteiger partial charge in [0.25, 0.3) is 0 Å². The Morgan fingerprint density at radius 1 is 1.35 bits per heavy atom. The van der Waals surface area contributed by atoms with Crippen LogP contribution in [0.1, 0.15) is 24.5 Å². The topological polar surface area (TPSA) is 48.1 Å². The van der Waals surface area contributed by atoms with Crippen LogP contribution < -0.4 is 10.5 Å². The molecule has 0 saturated carbocycles. The molecule has 20 heavy (non-hydrogen) atoms. The van der Waals surface area contributed by atoms with E-state index >= 15 is 0 Å². The molecule has 0 bridgehead atoms. The van der Waals surface area contributed by atoms with Gasteiger partial charge in [-0.2, -0.15) is 0 Å². The molecule has 106 valence electrons. The van der Waals surface area contributed by atoms with Gasteiger partial charge >= 0.3 is 0 Å². The van der Waals surface area contributed by atoms with E-state index in [0.29, 0.717) is 6.61 Å². The van der Waals surface area contributed by atoms with Crippen molar-refractivity contribution in [1.82, 2.24) is 4.98 Å². The van der Waals surface area contributed by atoms with Crippen LogP contribution in [-0.2, 0) is 13.0 Å². The molecule has 0 radical (unpaired) electrons. The van der Waals surface area contributed by atoms with Crippen LogP contribution in [0, 0.1) is 0 Å². The van der Waals surface area contributed by atoms with Crippen LogP contribution in [0.25, 0.3) is 0 Å². The predicted molar refractivity (Wildman–Crippen MR) is 84.7 cm³/mol. The average molecular weight is 335 g/mol. The molecule has 4 heteroatoms. The molecule has 3 nitrogen and oxygen atoms in total. The fraction of sp³-hybridized carbons (Fsp3) is 0.312. The van der Waals surface area contributed by atoms with E-state index < -0.39 is 0 Å². The Labute approximate surface area is 128 Å². The molecule has 2 N–H and O–H groups in total. The predicted octanol–water partition coefficient (Wildman–Crippen LogP) is 3.70. The van der Waals surface area contributed by atoms with Gasteiger partial charge in [0.15, 0.2) is 0 Å². The quantitative estimate of drug-likeness (QED) is 0.876. The van der Waals surface area contributed by atoms with Crippen LogP contribution in [-0.4, -0.2) is 11.0 Å². The Morgan fingerprint density at radius 2 is 2.20 bits per heavy atom. The van der Waals surface area contributed by atoms with E-state index in [4.69, 9.17) is 10.5 Å². The van der Waals surface area contributed by atoms with Gasteiger partial charge in [0, 0.05) is 28.5 Å². The van der Waals surface area contributed by atoms with Crippen molar-refractivity contribution in [2.75, 3.05) is 0 Å². The number of hydrogen-bond donors (Lipinski definition) is 1. The Bertz CT molecular complexity index is 545. The SMILES string of the molecule is CCC(N)Cc1cc(OCc2cccnc2)ccc1Br. The Kier molecular flexibility index (Phi) is 5.56. The third-order valence-electron chi connectivity index (χ3n) is 3.15. The summed E-state index contributed by atoms with van der Waals surface area (Å²) in [5, 5.41) is 0. The number of aromatic nitrogens is 1. The molecule has 0 saturated heterocycles. The highest BCUT2D eigenvalue weighted by molar-refractivity contribution is 9.10. The van der Waals surface area contributed by atoms with E-state index in [1.807, 2.05) is 30.5 Å². The molecule has 1 aromatic carbocycles. The summed E-state index contributed by atoms with van der Waals surface area (Å²) in [6, 6.07) is 10.1. The molecule has 1 atom stereocenters. The van der Waals surface area contributed by atoms with Crippen molar-refractivity contribution in [1.29, 1.82) is 0 Å². The second kappa shape index (κ2) is 7.41. The minimum Gasteiger partial charge on any atom is -0.489 e. The molecule has 1 unspecified atom stereocenters. The van der Waals surface area contributed by atoms with E-state index in [-0.39, 0.29) is 6.04 Å². The van der Waals surface area contributed by atoms with Crippen molar-refractivity contribution in [3.8, 4) is 5.75 Å². The fourth-order valence-corrected chi connectivity index (χ4v) is 2.28. The van der Waals surface area contributed by atoms with E-state index in [1.165, 1.54) is 5.56 Å². The fourth-order valence-electron chi connectivity index (χ4n) is 1.87. The first-order chi connectivity index (χ1) is 9.69. The highest BCUT2D eigenvalue weighted by Gasteiger charge is 2.07. The molecule has 0 fully saturated rings. The van der Waals surface area contributed by atoms with Gasteiger partial charge in [0.2, 0.25) is 0 Å². The minimum atomic E-state index is 0.180. The van der Waals surface area contributed by atoms with Gasteiger partial charge in [-0.1, -0.05) is 28.9 Å². The maximum atomic E-state index is 6.02. The highest BCUT2D eigenvalue weighted by atomic mass is 79.9. The minimum absolute atomic E-state index is 0.180. The number of nitrogens with zero attached hydrogens (tertiary/aromatic N) is 1. The molecule has 1 aromatic heterocycles. The Hall–Kier alpha value is -1.39. The third-order valence-corrected chi connectivity index (χ3v) is 3.93. The lowest BCUT2D eigenvalue weighted by molar-refractivity contribution is 0.305. The summed E-state index contributed by atoms with van der Waals surface area (Å²) in [7, 11) is 0. The number of halogens is 1. The van der Waals surface area contributed by atoms with Gasteiger partial charge < -0.3 is 10.5 Å². The van der Waals surface area contributed by atoms with Gasteiger partial charge in [-0.05, 0) is 42.7 Å². The molecule has 0 aliphatic rings. The maximum Gasteiger partial charge on any atom is 0.120 e. The molecule has 0 aliphatic heterocycles. The van der Waals surface area contributed by atoms with Crippen molar-refractivity contribution < 1.29 is 4.74 Å². The maximum absolute atomic E-state index is 6.02. The van der Waals surface area contributed by atoms with Gasteiger partial charge in [0.05, 0.1) is 0 Å². The van der Waals surface area contributed by atoms with E-state index in [9.17, 15) is 0 Å². The number of rotatable bonds is 6. The molecule has 2 aromatic rings. The molecular weight excluding hydrogens is 316 g/mol. The van der Waals surface area contributed by atoms with Crippen LogP contribution in [0.3, 0.4) is 0 Å². The Morgan fingerprint density at radius 3 is 2.90 bits per heavy atom. The van der Waals surface area contributed by atoms with Crippen LogP contribution >= 0.6 is 15.9 Å². The number of nitrogens with two attached hydrogens (primary N) is 1. The molecule has 0 aliphatic carbocycles. The first kappa shape index (κ1) is 15.0. The van der Waals surface area contributed by atoms with Crippen LogP contribution in [0.15, 0.2) is 47.2 Å². The zero-order valence-electron chi connectivity index (χ0n) is 11.6. The van der Waals surface area contributed by atoms with Gasteiger partial charge in [-0.25, -0.2) is 0 Å². The summed E-state index contributed by atoms with van der Waals surface area (Å²) in [5.41, 5.74) is 8.26. The second-order valence-electron chi connectivity index (χ2n) is 4.78. The lowest BCUT2D eigenvalue weighted by Crippen LogP contribution is -2.21. The normalized spacial score (nSPS) is 12.2. The van der Waals surface area contributed by atoms with E-state index in [2.05, 4.69) is 33.9 Å². The second-order valence-corrected chi connectivity index (χ2v) is 5.63. The van der Waals surface area contributed by atoms with E-state index in [0.717, 1.165) is 28.6 Å². The summed E-state index contributed by atoms with van der Waals surface area (Å²) in [5.74, 6) is 0.857. The summed E-state index contributed by atoms with van der Waals surface area (Å²) in [6.07, 6.45) is 5.38. The largest absolute Gasteiger partial charge is 0.489 e. The van der Waals surface area contributed by atoms with Crippen LogP contribution in [0.5, 0.6) is 5.75 Å². The van der Waals surface area contributed by atoms with Gasteiger partial charge in [-0.3, -0.25) is 4.98 Å².